The molecule has 0 unspecified atom stereocenters. The Kier molecular flexibility index (Phi) is 6.60. The lowest BCUT2D eigenvalue weighted by Gasteiger charge is -2.10. The van der Waals surface area contributed by atoms with E-state index < -0.39 is 11.7 Å². The Hall–Kier alpha value is -3.84. The molecule has 33 heavy (non-hydrogen) atoms. The lowest BCUT2D eigenvalue weighted by Crippen LogP contribution is -2.22. The molecular weight excluding hydrogens is 438 g/mol. The first kappa shape index (κ1) is 22.4. The maximum Gasteiger partial charge on any atom is 0.297 e. The zero-order valence-corrected chi connectivity index (χ0v) is 19.1. The molecule has 1 heterocycles. The molecule has 0 aliphatic rings. The van der Waals surface area contributed by atoms with E-state index in [4.69, 9.17) is 9.47 Å². The van der Waals surface area contributed by atoms with Crippen LogP contribution in [-0.4, -0.2) is 31.0 Å². The number of fused-ring (bicyclic) bond motifs is 1. The maximum atomic E-state index is 12.6. The van der Waals surface area contributed by atoms with Crippen molar-refractivity contribution in [3.63, 3.8) is 0 Å². The minimum absolute atomic E-state index is 0.0419. The van der Waals surface area contributed by atoms with Gasteiger partial charge in [0.2, 0.25) is 0 Å². The van der Waals surface area contributed by atoms with Crippen LogP contribution >= 0.6 is 11.3 Å². The summed E-state index contributed by atoms with van der Waals surface area (Å²) in [5.41, 5.74) is 2.74. The smallest absolute Gasteiger partial charge is 0.297 e. The average Bonchev–Trinajstić information content (AvgIpc) is 3.19. The SMILES string of the molecule is COc1ccc(CCc2ccc(NC(=O)C(=O)c3sc4ccccc4c3O)cc2)cc1OC. The molecule has 0 atom stereocenters. The summed E-state index contributed by atoms with van der Waals surface area (Å²) in [6, 6.07) is 20.3. The number of aryl methyl sites for hydroxylation is 2. The number of hydrogen-bond acceptors (Lipinski definition) is 6. The number of thiophene rings is 1. The van der Waals surface area contributed by atoms with Gasteiger partial charge in [0.15, 0.2) is 11.5 Å². The highest BCUT2D eigenvalue weighted by molar-refractivity contribution is 7.22. The third kappa shape index (κ3) is 4.83. The van der Waals surface area contributed by atoms with E-state index in [0.29, 0.717) is 22.6 Å². The Morgan fingerprint density at radius 1 is 0.879 bits per heavy atom. The lowest BCUT2D eigenvalue weighted by molar-refractivity contribution is -0.112. The zero-order chi connectivity index (χ0) is 23.4. The van der Waals surface area contributed by atoms with Crippen molar-refractivity contribution < 1.29 is 24.2 Å². The Morgan fingerprint density at radius 3 is 2.24 bits per heavy atom. The Bertz CT molecular complexity index is 1310. The first-order chi connectivity index (χ1) is 16.0. The zero-order valence-electron chi connectivity index (χ0n) is 18.3. The summed E-state index contributed by atoms with van der Waals surface area (Å²) in [5, 5.41) is 13.5. The van der Waals surface area contributed by atoms with Gasteiger partial charge in [0.25, 0.3) is 11.7 Å². The summed E-state index contributed by atoms with van der Waals surface area (Å²) in [6.07, 6.45) is 1.62. The number of amides is 1. The van der Waals surface area contributed by atoms with Crippen LogP contribution < -0.4 is 14.8 Å². The van der Waals surface area contributed by atoms with Crippen molar-refractivity contribution in [2.24, 2.45) is 0 Å². The molecule has 6 nitrogen and oxygen atoms in total. The van der Waals surface area contributed by atoms with Gasteiger partial charge in [-0.15, -0.1) is 11.3 Å². The maximum absolute atomic E-state index is 12.6. The predicted molar refractivity (Wildman–Crippen MR) is 130 cm³/mol. The van der Waals surface area contributed by atoms with Crippen molar-refractivity contribution in [2.75, 3.05) is 19.5 Å². The summed E-state index contributed by atoms with van der Waals surface area (Å²) in [5.74, 6) is -0.301. The van der Waals surface area contributed by atoms with Crippen LogP contribution in [0.5, 0.6) is 17.2 Å². The minimum Gasteiger partial charge on any atom is -0.506 e. The van der Waals surface area contributed by atoms with Gasteiger partial charge in [-0.05, 0) is 60.4 Å². The number of nitrogens with one attached hydrogen (secondary N) is 1. The molecule has 7 heteroatoms. The lowest BCUT2D eigenvalue weighted by atomic mass is 10.0. The molecule has 1 aromatic heterocycles. The van der Waals surface area contributed by atoms with Gasteiger partial charge < -0.3 is 19.9 Å². The number of carbonyl (C=O) groups excluding carboxylic acids is 2. The average molecular weight is 462 g/mol. The molecule has 1 amide bonds. The molecule has 2 N–H and O–H groups in total. The monoisotopic (exact) mass is 461 g/mol. The van der Waals surface area contributed by atoms with Crippen LogP contribution in [0, 0.1) is 0 Å². The van der Waals surface area contributed by atoms with Crippen molar-refractivity contribution in [2.45, 2.75) is 12.8 Å². The van der Waals surface area contributed by atoms with E-state index in [1.54, 1.807) is 44.6 Å². The first-order valence-electron chi connectivity index (χ1n) is 10.4. The number of benzene rings is 3. The van der Waals surface area contributed by atoms with Crippen molar-refractivity contribution in [1.82, 2.24) is 0 Å². The Balaban J connectivity index is 1.38. The highest BCUT2D eigenvalue weighted by atomic mass is 32.1. The molecule has 0 spiro atoms. The number of carbonyl (C=O) groups is 2. The van der Waals surface area contributed by atoms with E-state index in [2.05, 4.69) is 5.32 Å². The van der Waals surface area contributed by atoms with Crippen LogP contribution in [0.1, 0.15) is 20.8 Å². The molecule has 0 saturated heterocycles. The van der Waals surface area contributed by atoms with Gasteiger partial charge in [0.05, 0.1) is 14.2 Å². The number of aromatic hydroxyl groups is 1. The summed E-state index contributed by atoms with van der Waals surface area (Å²) in [6.45, 7) is 0. The fourth-order valence-electron chi connectivity index (χ4n) is 3.56. The first-order valence-corrected chi connectivity index (χ1v) is 11.2. The molecule has 168 valence electrons. The highest BCUT2D eigenvalue weighted by Crippen LogP contribution is 2.37. The van der Waals surface area contributed by atoms with E-state index in [1.807, 2.05) is 36.4 Å². The number of anilines is 1. The minimum atomic E-state index is -0.782. The second-order valence-electron chi connectivity index (χ2n) is 7.45. The van der Waals surface area contributed by atoms with Crippen LogP contribution in [0.15, 0.2) is 66.7 Å². The second kappa shape index (κ2) is 9.75. The highest BCUT2D eigenvalue weighted by Gasteiger charge is 2.24. The van der Waals surface area contributed by atoms with Gasteiger partial charge >= 0.3 is 0 Å². The van der Waals surface area contributed by atoms with Crippen LogP contribution in [0.4, 0.5) is 5.69 Å². The van der Waals surface area contributed by atoms with Gasteiger partial charge in [0.1, 0.15) is 10.6 Å². The van der Waals surface area contributed by atoms with Gasteiger partial charge in [0, 0.05) is 15.8 Å². The van der Waals surface area contributed by atoms with E-state index in [9.17, 15) is 14.7 Å². The molecule has 0 fully saturated rings. The standard InChI is InChI=1S/C26H23NO5S/c1-31-20-14-11-17(15-21(20)32-2)8-7-16-9-12-18(13-10-16)27-26(30)24(29)25-23(28)19-5-3-4-6-22(19)33-25/h3-6,9-15,28H,7-8H2,1-2H3,(H,27,30). The normalized spacial score (nSPS) is 10.7. The number of Topliss-reactive ketones (excluding diaryl/α,β-unsaturated/α-hetero) is 1. The van der Waals surface area contributed by atoms with Crippen LogP contribution in [-0.2, 0) is 17.6 Å². The molecule has 4 rings (SSSR count). The molecule has 4 aromatic rings. The number of rotatable bonds is 8. The second-order valence-corrected chi connectivity index (χ2v) is 8.50. The van der Waals surface area contributed by atoms with Crippen LogP contribution in [0.3, 0.4) is 0 Å². The summed E-state index contributed by atoms with van der Waals surface area (Å²) < 4.78 is 11.4. The number of ketones is 1. The quantitative estimate of drug-likeness (QED) is 0.277. The fourth-order valence-corrected chi connectivity index (χ4v) is 4.59. The van der Waals surface area contributed by atoms with E-state index >= 15 is 0 Å². The van der Waals surface area contributed by atoms with Gasteiger partial charge in [-0.1, -0.05) is 30.3 Å². The van der Waals surface area contributed by atoms with E-state index in [-0.39, 0.29) is 10.6 Å². The summed E-state index contributed by atoms with van der Waals surface area (Å²) in [4.78, 5) is 25.1. The largest absolute Gasteiger partial charge is 0.506 e. The Morgan fingerprint density at radius 2 is 1.55 bits per heavy atom. The fraction of sp³-hybridized carbons (Fsp3) is 0.154. The van der Waals surface area contributed by atoms with E-state index in [0.717, 1.165) is 40.0 Å². The van der Waals surface area contributed by atoms with Gasteiger partial charge in [-0.25, -0.2) is 0 Å². The van der Waals surface area contributed by atoms with Crippen molar-refractivity contribution >= 4 is 38.8 Å². The molecule has 0 radical (unpaired) electrons. The molecule has 3 aromatic carbocycles. The van der Waals surface area contributed by atoms with Crippen LogP contribution in [0.2, 0.25) is 0 Å². The number of methoxy groups -OCH3 is 2. The third-order valence-electron chi connectivity index (χ3n) is 5.34. The number of ether oxygens (including phenoxy) is 2. The van der Waals surface area contributed by atoms with E-state index in [1.165, 1.54) is 0 Å². The molecular formula is C26H23NO5S. The van der Waals surface area contributed by atoms with Crippen molar-refractivity contribution in [1.29, 1.82) is 0 Å². The van der Waals surface area contributed by atoms with Gasteiger partial charge in [-0.2, -0.15) is 0 Å². The molecule has 0 bridgehead atoms. The molecule has 0 aliphatic carbocycles. The summed E-state index contributed by atoms with van der Waals surface area (Å²) >= 11 is 1.11. The Labute approximate surface area is 195 Å². The molecule has 0 aliphatic heterocycles. The van der Waals surface area contributed by atoms with Crippen molar-refractivity contribution in [3.05, 3.63) is 82.7 Å². The number of hydrogen-bond donors (Lipinski definition) is 2. The predicted octanol–water partition coefficient (Wildman–Crippen LogP) is 5.23. The molecule has 0 saturated carbocycles. The van der Waals surface area contributed by atoms with Gasteiger partial charge in [-0.3, -0.25) is 9.59 Å². The third-order valence-corrected chi connectivity index (χ3v) is 6.50. The summed E-state index contributed by atoms with van der Waals surface area (Å²) in [7, 11) is 3.22. The topological polar surface area (TPSA) is 84.9 Å². The van der Waals surface area contributed by atoms with Crippen LogP contribution in [0.25, 0.3) is 10.1 Å². The van der Waals surface area contributed by atoms with Crippen molar-refractivity contribution in [3.8, 4) is 17.2 Å².